The molecule has 1 atom stereocenters. The minimum absolute atomic E-state index is 0.0905. The van der Waals surface area contributed by atoms with Gasteiger partial charge in [-0.25, -0.2) is 0 Å². The fourth-order valence-corrected chi connectivity index (χ4v) is 3.58. The number of hydrogen-bond acceptors (Lipinski definition) is 5. The van der Waals surface area contributed by atoms with Gasteiger partial charge in [0.1, 0.15) is 17.5 Å². The van der Waals surface area contributed by atoms with Crippen molar-refractivity contribution in [3.63, 3.8) is 0 Å². The van der Waals surface area contributed by atoms with Crippen LogP contribution in [-0.4, -0.2) is 43.0 Å². The summed E-state index contributed by atoms with van der Waals surface area (Å²) in [5.74, 6) is 1.12. The molecule has 0 radical (unpaired) electrons. The van der Waals surface area contributed by atoms with E-state index in [0.29, 0.717) is 22.9 Å². The van der Waals surface area contributed by atoms with Crippen molar-refractivity contribution in [3.8, 4) is 11.5 Å². The minimum Gasteiger partial charge on any atom is -0.497 e. The summed E-state index contributed by atoms with van der Waals surface area (Å²) in [5, 5.41) is 4.65. The second kappa shape index (κ2) is 8.43. The SMILES string of the molecule is COc1ccc(OC)c(CN(C(=O)C(C)NC(=O)c2cccs2)C2CC2)c1. The highest BCUT2D eigenvalue weighted by Gasteiger charge is 2.35. The Morgan fingerprint density at radius 1 is 1.26 bits per heavy atom. The van der Waals surface area contributed by atoms with Crippen molar-refractivity contribution in [1.29, 1.82) is 0 Å². The summed E-state index contributed by atoms with van der Waals surface area (Å²) < 4.78 is 10.7. The topological polar surface area (TPSA) is 67.9 Å². The van der Waals surface area contributed by atoms with E-state index in [-0.39, 0.29) is 17.9 Å². The molecule has 3 rings (SSSR count). The summed E-state index contributed by atoms with van der Waals surface area (Å²) in [6, 6.07) is 8.72. The lowest BCUT2D eigenvalue weighted by molar-refractivity contribution is -0.134. The van der Waals surface area contributed by atoms with Crippen molar-refractivity contribution in [2.75, 3.05) is 14.2 Å². The molecule has 1 aromatic heterocycles. The van der Waals surface area contributed by atoms with Crippen molar-refractivity contribution < 1.29 is 19.1 Å². The van der Waals surface area contributed by atoms with Crippen LogP contribution in [0.2, 0.25) is 0 Å². The predicted molar refractivity (Wildman–Crippen MR) is 104 cm³/mol. The van der Waals surface area contributed by atoms with Gasteiger partial charge in [0.25, 0.3) is 5.91 Å². The average Bonchev–Trinajstić information content (AvgIpc) is 3.37. The average molecular weight is 388 g/mol. The molecule has 0 saturated heterocycles. The highest BCUT2D eigenvalue weighted by Crippen LogP contribution is 2.32. The Hall–Kier alpha value is -2.54. The van der Waals surface area contributed by atoms with Crippen LogP contribution in [0.3, 0.4) is 0 Å². The monoisotopic (exact) mass is 388 g/mol. The summed E-state index contributed by atoms with van der Waals surface area (Å²) in [6.07, 6.45) is 1.95. The molecule has 0 spiro atoms. The number of ether oxygens (including phenoxy) is 2. The number of thiophene rings is 1. The van der Waals surface area contributed by atoms with Gasteiger partial charge in [0, 0.05) is 18.2 Å². The lowest BCUT2D eigenvalue weighted by atomic mass is 10.1. The van der Waals surface area contributed by atoms with Gasteiger partial charge in [-0.3, -0.25) is 9.59 Å². The second-order valence-electron chi connectivity index (χ2n) is 6.55. The zero-order chi connectivity index (χ0) is 19.4. The highest BCUT2D eigenvalue weighted by atomic mass is 32.1. The smallest absolute Gasteiger partial charge is 0.261 e. The molecule has 0 aliphatic heterocycles. The maximum Gasteiger partial charge on any atom is 0.261 e. The summed E-state index contributed by atoms with van der Waals surface area (Å²) in [5.41, 5.74) is 0.883. The highest BCUT2D eigenvalue weighted by molar-refractivity contribution is 7.12. The Labute approximate surface area is 163 Å². The molecule has 1 N–H and O–H groups in total. The molecule has 1 fully saturated rings. The van der Waals surface area contributed by atoms with Crippen molar-refractivity contribution in [2.45, 2.75) is 38.4 Å². The summed E-state index contributed by atoms with van der Waals surface area (Å²) in [4.78, 5) is 27.7. The number of nitrogens with zero attached hydrogens (tertiary/aromatic N) is 1. The summed E-state index contributed by atoms with van der Waals surface area (Å²) in [6.45, 7) is 2.15. The van der Waals surface area contributed by atoms with Gasteiger partial charge < -0.3 is 19.7 Å². The molecule has 144 valence electrons. The first-order valence-electron chi connectivity index (χ1n) is 8.89. The van der Waals surface area contributed by atoms with E-state index in [1.54, 1.807) is 27.2 Å². The largest absolute Gasteiger partial charge is 0.497 e. The first-order chi connectivity index (χ1) is 13.0. The van der Waals surface area contributed by atoms with Gasteiger partial charge in [-0.2, -0.15) is 0 Å². The predicted octanol–water partition coefficient (Wildman–Crippen LogP) is 3.07. The molecule has 1 unspecified atom stereocenters. The van der Waals surface area contributed by atoms with Gasteiger partial charge in [0.2, 0.25) is 5.91 Å². The van der Waals surface area contributed by atoms with Gasteiger partial charge >= 0.3 is 0 Å². The number of amides is 2. The third-order valence-electron chi connectivity index (χ3n) is 4.56. The molecule has 1 aliphatic rings. The molecule has 7 heteroatoms. The van der Waals surface area contributed by atoms with Gasteiger partial charge in [0.05, 0.1) is 19.1 Å². The first kappa shape index (κ1) is 19.2. The normalized spacial score (nSPS) is 14.3. The third-order valence-corrected chi connectivity index (χ3v) is 5.43. The molecule has 1 heterocycles. The quantitative estimate of drug-likeness (QED) is 0.755. The van der Waals surface area contributed by atoms with E-state index in [2.05, 4.69) is 5.32 Å². The van der Waals surface area contributed by atoms with Gasteiger partial charge in [-0.15, -0.1) is 11.3 Å². The molecular weight excluding hydrogens is 364 g/mol. The maximum absolute atomic E-state index is 13.0. The van der Waals surface area contributed by atoms with Crippen LogP contribution in [0.5, 0.6) is 11.5 Å². The number of benzene rings is 1. The van der Waals surface area contributed by atoms with E-state index in [9.17, 15) is 9.59 Å². The molecule has 2 aromatic rings. The molecule has 1 aromatic carbocycles. The Bertz CT molecular complexity index is 802. The number of hydrogen-bond donors (Lipinski definition) is 1. The van der Waals surface area contributed by atoms with Crippen LogP contribution in [0.15, 0.2) is 35.7 Å². The molecule has 1 aliphatic carbocycles. The number of carbonyl (C=O) groups excluding carboxylic acids is 2. The minimum atomic E-state index is -0.600. The molecular formula is C20H24N2O4S. The van der Waals surface area contributed by atoms with Gasteiger partial charge in [-0.05, 0) is 49.4 Å². The zero-order valence-corrected chi connectivity index (χ0v) is 16.5. The lowest BCUT2D eigenvalue weighted by Crippen LogP contribution is -2.47. The Morgan fingerprint density at radius 2 is 2.04 bits per heavy atom. The van der Waals surface area contributed by atoms with E-state index in [1.807, 2.05) is 34.5 Å². The van der Waals surface area contributed by atoms with Crippen LogP contribution in [0, 0.1) is 0 Å². The first-order valence-corrected chi connectivity index (χ1v) is 9.77. The van der Waals surface area contributed by atoms with Crippen molar-refractivity contribution in [2.24, 2.45) is 0 Å². The lowest BCUT2D eigenvalue weighted by Gasteiger charge is -2.27. The van der Waals surface area contributed by atoms with Crippen LogP contribution < -0.4 is 14.8 Å². The Kier molecular flexibility index (Phi) is 6.01. The van der Waals surface area contributed by atoms with E-state index in [4.69, 9.17) is 9.47 Å². The standard InChI is InChI=1S/C20H24N2O4S/c1-13(21-19(23)18-5-4-10-27-18)20(24)22(15-6-7-15)12-14-11-16(25-2)8-9-17(14)26-3/h4-5,8-11,13,15H,6-7,12H2,1-3H3,(H,21,23). The van der Waals surface area contributed by atoms with Crippen LogP contribution in [0.4, 0.5) is 0 Å². The third kappa shape index (κ3) is 4.60. The fraction of sp³-hybridized carbons (Fsp3) is 0.400. The number of rotatable bonds is 8. The molecule has 27 heavy (non-hydrogen) atoms. The summed E-state index contributed by atoms with van der Waals surface area (Å²) in [7, 11) is 3.22. The fourth-order valence-electron chi connectivity index (χ4n) is 2.95. The zero-order valence-electron chi connectivity index (χ0n) is 15.7. The van der Waals surface area contributed by atoms with E-state index in [1.165, 1.54) is 11.3 Å². The van der Waals surface area contributed by atoms with E-state index in [0.717, 1.165) is 18.4 Å². The van der Waals surface area contributed by atoms with Crippen LogP contribution in [0.1, 0.15) is 35.0 Å². The number of methoxy groups -OCH3 is 2. The van der Waals surface area contributed by atoms with Crippen LogP contribution >= 0.6 is 11.3 Å². The second-order valence-corrected chi connectivity index (χ2v) is 7.50. The van der Waals surface area contributed by atoms with Gasteiger partial charge in [-0.1, -0.05) is 6.07 Å². The van der Waals surface area contributed by atoms with E-state index >= 15 is 0 Å². The number of carbonyl (C=O) groups is 2. The van der Waals surface area contributed by atoms with E-state index < -0.39 is 6.04 Å². The van der Waals surface area contributed by atoms with Crippen molar-refractivity contribution in [3.05, 3.63) is 46.2 Å². The van der Waals surface area contributed by atoms with Crippen LogP contribution in [-0.2, 0) is 11.3 Å². The number of nitrogens with one attached hydrogen (secondary N) is 1. The summed E-state index contributed by atoms with van der Waals surface area (Å²) >= 11 is 1.36. The van der Waals surface area contributed by atoms with Crippen molar-refractivity contribution in [1.82, 2.24) is 10.2 Å². The molecule has 6 nitrogen and oxygen atoms in total. The Balaban J connectivity index is 1.73. The maximum atomic E-state index is 13.0. The molecule has 0 bridgehead atoms. The molecule has 2 amide bonds. The Morgan fingerprint density at radius 3 is 2.63 bits per heavy atom. The van der Waals surface area contributed by atoms with Crippen LogP contribution in [0.25, 0.3) is 0 Å². The van der Waals surface area contributed by atoms with Crippen molar-refractivity contribution >= 4 is 23.2 Å². The van der Waals surface area contributed by atoms with Gasteiger partial charge in [0.15, 0.2) is 0 Å². The molecule has 1 saturated carbocycles.